The van der Waals surface area contributed by atoms with E-state index in [1.807, 2.05) is 31.2 Å². The van der Waals surface area contributed by atoms with Crippen LogP contribution < -0.4 is 0 Å². The Balaban J connectivity index is 2.08. The quantitative estimate of drug-likeness (QED) is 0.910. The third-order valence-electron chi connectivity index (χ3n) is 2.96. The van der Waals surface area contributed by atoms with E-state index in [1.165, 1.54) is 0 Å². The molecule has 0 spiro atoms. The third-order valence-corrected chi connectivity index (χ3v) is 2.96. The molecule has 0 unspecified atom stereocenters. The van der Waals surface area contributed by atoms with Crippen molar-refractivity contribution in [2.45, 2.75) is 26.3 Å². The van der Waals surface area contributed by atoms with Crippen LogP contribution in [0.15, 0.2) is 18.2 Å². The van der Waals surface area contributed by atoms with Crippen molar-refractivity contribution < 1.29 is 4.79 Å². The summed E-state index contributed by atoms with van der Waals surface area (Å²) < 4.78 is 0. The summed E-state index contributed by atoms with van der Waals surface area (Å²) in [6.07, 6.45) is 0.542. The number of nitrogens with zero attached hydrogens (tertiary/aromatic N) is 3. The van der Waals surface area contributed by atoms with E-state index in [0.29, 0.717) is 6.54 Å². The van der Waals surface area contributed by atoms with Gasteiger partial charge in [-0.1, -0.05) is 6.07 Å². The molecule has 0 saturated carbocycles. The summed E-state index contributed by atoms with van der Waals surface area (Å²) in [6, 6.07) is 7.90. The van der Waals surface area contributed by atoms with Crippen LogP contribution in [0.25, 0.3) is 11.0 Å². The van der Waals surface area contributed by atoms with Gasteiger partial charge in [0.15, 0.2) is 0 Å². The maximum Gasteiger partial charge on any atom is 0.223 e. The van der Waals surface area contributed by atoms with Gasteiger partial charge >= 0.3 is 0 Å². The lowest BCUT2D eigenvalue weighted by atomic mass is 10.2. The SMILES string of the molecule is Cc1nc2ccc(CN(C)C(=O)CCC#N)cc2[nH]1. The summed E-state index contributed by atoms with van der Waals surface area (Å²) in [5.41, 5.74) is 2.96. The highest BCUT2D eigenvalue weighted by atomic mass is 16.2. The molecule has 1 amide bonds. The topological polar surface area (TPSA) is 72.8 Å². The van der Waals surface area contributed by atoms with Gasteiger partial charge in [0.1, 0.15) is 5.82 Å². The summed E-state index contributed by atoms with van der Waals surface area (Å²) in [5.74, 6) is 0.869. The van der Waals surface area contributed by atoms with E-state index in [9.17, 15) is 4.79 Å². The first-order valence-corrected chi connectivity index (χ1v) is 6.16. The van der Waals surface area contributed by atoms with Gasteiger partial charge in [-0.2, -0.15) is 5.26 Å². The molecule has 0 bridgehead atoms. The van der Waals surface area contributed by atoms with E-state index in [-0.39, 0.29) is 18.7 Å². The number of imidazole rings is 1. The monoisotopic (exact) mass is 256 g/mol. The van der Waals surface area contributed by atoms with Crippen LogP contribution in [0.2, 0.25) is 0 Å². The van der Waals surface area contributed by atoms with Crippen molar-refractivity contribution in [1.82, 2.24) is 14.9 Å². The van der Waals surface area contributed by atoms with E-state index in [4.69, 9.17) is 5.26 Å². The Morgan fingerprint density at radius 3 is 3.05 bits per heavy atom. The Kier molecular flexibility index (Phi) is 3.81. The second-order valence-electron chi connectivity index (χ2n) is 4.58. The number of aromatic nitrogens is 2. The lowest BCUT2D eigenvalue weighted by Gasteiger charge is -2.16. The molecule has 19 heavy (non-hydrogen) atoms. The fraction of sp³-hybridized carbons (Fsp3) is 0.357. The number of benzene rings is 1. The number of fused-ring (bicyclic) bond motifs is 1. The van der Waals surface area contributed by atoms with Crippen LogP contribution in [0.4, 0.5) is 0 Å². The van der Waals surface area contributed by atoms with Crippen molar-refractivity contribution >= 4 is 16.9 Å². The fourth-order valence-corrected chi connectivity index (χ4v) is 2.00. The zero-order valence-electron chi connectivity index (χ0n) is 11.1. The summed E-state index contributed by atoms with van der Waals surface area (Å²) in [4.78, 5) is 20.9. The number of amides is 1. The normalized spacial score (nSPS) is 10.4. The van der Waals surface area contributed by atoms with Crippen molar-refractivity contribution in [3.05, 3.63) is 29.6 Å². The second kappa shape index (κ2) is 5.53. The van der Waals surface area contributed by atoms with Gasteiger partial charge in [0, 0.05) is 26.4 Å². The predicted molar refractivity (Wildman–Crippen MR) is 72.2 cm³/mol. The number of nitriles is 1. The number of hydrogen-bond donors (Lipinski definition) is 1. The molecule has 2 rings (SSSR count). The number of aromatic amines is 1. The van der Waals surface area contributed by atoms with Crippen molar-refractivity contribution in [3.8, 4) is 6.07 Å². The van der Waals surface area contributed by atoms with Crippen LogP contribution in [-0.4, -0.2) is 27.8 Å². The molecule has 0 atom stereocenters. The van der Waals surface area contributed by atoms with E-state index in [2.05, 4.69) is 9.97 Å². The first-order chi connectivity index (χ1) is 9.10. The molecule has 0 aliphatic heterocycles. The van der Waals surface area contributed by atoms with Gasteiger partial charge in [-0.3, -0.25) is 4.79 Å². The highest BCUT2D eigenvalue weighted by Crippen LogP contribution is 2.15. The maximum absolute atomic E-state index is 11.7. The minimum atomic E-state index is -0.0116. The van der Waals surface area contributed by atoms with Crippen LogP contribution in [0, 0.1) is 18.3 Å². The van der Waals surface area contributed by atoms with Crippen LogP contribution in [0.1, 0.15) is 24.2 Å². The Hall–Kier alpha value is -2.35. The van der Waals surface area contributed by atoms with Crippen LogP contribution in [-0.2, 0) is 11.3 Å². The first-order valence-electron chi connectivity index (χ1n) is 6.16. The minimum absolute atomic E-state index is 0.0116. The average molecular weight is 256 g/mol. The number of H-pyrrole nitrogens is 1. The smallest absolute Gasteiger partial charge is 0.223 e. The van der Waals surface area contributed by atoms with Gasteiger partial charge in [-0.05, 0) is 24.6 Å². The molecule has 1 aromatic carbocycles. The number of nitrogens with one attached hydrogen (secondary N) is 1. The molecule has 0 fully saturated rings. The Bertz CT molecular complexity index is 638. The lowest BCUT2D eigenvalue weighted by Crippen LogP contribution is -2.25. The summed E-state index contributed by atoms with van der Waals surface area (Å²) >= 11 is 0. The Morgan fingerprint density at radius 2 is 2.32 bits per heavy atom. The molecule has 0 radical (unpaired) electrons. The Morgan fingerprint density at radius 1 is 1.53 bits per heavy atom. The van der Waals surface area contributed by atoms with Crippen molar-refractivity contribution in [1.29, 1.82) is 5.26 Å². The number of aryl methyl sites for hydroxylation is 1. The van der Waals surface area contributed by atoms with Crippen molar-refractivity contribution in [2.24, 2.45) is 0 Å². The number of carbonyl (C=O) groups excluding carboxylic acids is 1. The molecule has 5 nitrogen and oxygen atoms in total. The van der Waals surface area contributed by atoms with E-state index in [1.54, 1.807) is 11.9 Å². The minimum Gasteiger partial charge on any atom is -0.342 e. The van der Waals surface area contributed by atoms with Crippen molar-refractivity contribution in [3.63, 3.8) is 0 Å². The average Bonchev–Trinajstić information content (AvgIpc) is 2.75. The fourth-order valence-electron chi connectivity index (χ4n) is 2.00. The predicted octanol–water partition coefficient (Wildman–Crippen LogP) is 2.13. The summed E-state index contributed by atoms with van der Waals surface area (Å²) in [6.45, 7) is 2.45. The first kappa shape index (κ1) is 13.1. The zero-order chi connectivity index (χ0) is 13.8. The third kappa shape index (κ3) is 3.10. The van der Waals surface area contributed by atoms with Gasteiger partial charge in [0.05, 0.1) is 17.1 Å². The molecule has 98 valence electrons. The molecule has 5 heteroatoms. The highest BCUT2D eigenvalue weighted by molar-refractivity contribution is 5.77. The van der Waals surface area contributed by atoms with Gasteiger partial charge < -0.3 is 9.88 Å². The molecule has 1 aromatic heterocycles. The van der Waals surface area contributed by atoms with E-state index >= 15 is 0 Å². The van der Waals surface area contributed by atoms with Gasteiger partial charge in [0.2, 0.25) is 5.91 Å². The van der Waals surface area contributed by atoms with E-state index < -0.39 is 0 Å². The molecule has 1 heterocycles. The number of rotatable bonds is 4. The van der Waals surface area contributed by atoms with Crippen molar-refractivity contribution in [2.75, 3.05) is 7.05 Å². The van der Waals surface area contributed by atoms with Crippen LogP contribution >= 0.6 is 0 Å². The molecular weight excluding hydrogens is 240 g/mol. The summed E-state index contributed by atoms with van der Waals surface area (Å²) in [7, 11) is 1.75. The molecular formula is C14H16N4O. The standard InChI is InChI=1S/C14H16N4O/c1-10-16-12-6-5-11(8-13(12)17-10)9-18(2)14(19)4-3-7-15/h5-6,8H,3-4,9H2,1-2H3,(H,16,17). The van der Waals surface area contributed by atoms with E-state index in [0.717, 1.165) is 22.4 Å². The zero-order valence-corrected chi connectivity index (χ0v) is 11.1. The number of carbonyl (C=O) groups is 1. The number of hydrogen-bond acceptors (Lipinski definition) is 3. The lowest BCUT2D eigenvalue weighted by molar-refractivity contribution is -0.130. The Labute approximate surface area is 111 Å². The maximum atomic E-state index is 11.7. The second-order valence-corrected chi connectivity index (χ2v) is 4.58. The largest absolute Gasteiger partial charge is 0.342 e. The van der Waals surface area contributed by atoms with Gasteiger partial charge in [-0.25, -0.2) is 4.98 Å². The van der Waals surface area contributed by atoms with Gasteiger partial charge in [-0.15, -0.1) is 0 Å². The molecule has 2 aromatic rings. The van der Waals surface area contributed by atoms with Crippen LogP contribution in [0.3, 0.4) is 0 Å². The molecule has 0 saturated heterocycles. The molecule has 0 aliphatic rings. The highest BCUT2D eigenvalue weighted by Gasteiger charge is 2.09. The van der Waals surface area contributed by atoms with Crippen LogP contribution in [0.5, 0.6) is 0 Å². The summed E-state index contributed by atoms with van der Waals surface area (Å²) in [5, 5.41) is 8.48. The molecule has 1 N–H and O–H groups in total. The molecule has 0 aliphatic carbocycles. The van der Waals surface area contributed by atoms with Gasteiger partial charge in [0.25, 0.3) is 0 Å².